The maximum atomic E-state index is 11.3. The molecular formula is C15H17ClN4O. The molecule has 0 aliphatic heterocycles. The molecule has 1 heterocycles. The second-order valence-electron chi connectivity index (χ2n) is 4.77. The van der Waals surface area contributed by atoms with E-state index in [1.807, 2.05) is 26.0 Å². The van der Waals surface area contributed by atoms with Gasteiger partial charge in [0, 0.05) is 6.42 Å². The molecule has 2 rings (SSSR count). The van der Waals surface area contributed by atoms with Gasteiger partial charge in [-0.3, -0.25) is 4.79 Å². The molecule has 0 saturated carbocycles. The van der Waals surface area contributed by atoms with Gasteiger partial charge in [0.15, 0.2) is 11.6 Å². The third-order valence-corrected chi connectivity index (χ3v) is 3.24. The number of nitrogens with one attached hydrogen (secondary N) is 2. The van der Waals surface area contributed by atoms with Crippen LogP contribution in [0.25, 0.3) is 0 Å². The van der Waals surface area contributed by atoms with Gasteiger partial charge >= 0.3 is 0 Å². The molecule has 5 nitrogen and oxygen atoms in total. The lowest BCUT2D eigenvalue weighted by molar-refractivity contribution is -0.115. The third-order valence-electron chi connectivity index (χ3n) is 2.94. The maximum absolute atomic E-state index is 11.3. The summed E-state index contributed by atoms with van der Waals surface area (Å²) in [7, 11) is 0. The summed E-state index contributed by atoms with van der Waals surface area (Å²) in [4.78, 5) is 11.3. The first-order valence-electron chi connectivity index (χ1n) is 6.67. The molecule has 1 aromatic heterocycles. The zero-order chi connectivity index (χ0) is 15.4. The standard InChI is InChI=1S/C15H17ClN4O/c1-4-14(21)17-12-5-6-13(20-19-12)18-15-10(3)7-9(2)8-11(15)16/h5-8H,4H2,1-3H3,(H,18,20)(H,17,19,21). The fraction of sp³-hybridized carbons (Fsp3) is 0.267. The number of rotatable bonds is 4. The summed E-state index contributed by atoms with van der Waals surface area (Å²) in [6.07, 6.45) is 0.403. The van der Waals surface area contributed by atoms with E-state index in [-0.39, 0.29) is 5.91 Å². The van der Waals surface area contributed by atoms with Crippen molar-refractivity contribution in [3.05, 3.63) is 40.4 Å². The first-order valence-corrected chi connectivity index (χ1v) is 7.04. The number of carbonyl (C=O) groups excluding carboxylic acids is 1. The van der Waals surface area contributed by atoms with Gasteiger partial charge in [-0.15, -0.1) is 10.2 Å². The maximum Gasteiger partial charge on any atom is 0.225 e. The Kier molecular flexibility index (Phi) is 4.75. The van der Waals surface area contributed by atoms with Crippen molar-refractivity contribution in [2.45, 2.75) is 27.2 Å². The molecule has 0 fully saturated rings. The minimum absolute atomic E-state index is 0.0950. The smallest absolute Gasteiger partial charge is 0.225 e. The molecule has 6 heteroatoms. The highest BCUT2D eigenvalue weighted by atomic mass is 35.5. The number of amides is 1. The molecule has 2 aromatic rings. The third kappa shape index (κ3) is 3.92. The Labute approximate surface area is 128 Å². The normalized spacial score (nSPS) is 10.3. The summed E-state index contributed by atoms with van der Waals surface area (Å²) in [6.45, 7) is 5.75. The summed E-state index contributed by atoms with van der Waals surface area (Å²) in [5, 5.41) is 14.4. The van der Waals surface area contributed by atoms with Crippen LogP contribution in [0.15, 0.2) is 24.3 Å². The fourth-order valence-electron chi connectivity index (χ4n) is 1.90. The number of carbonyl (C=O) groups is 1. The van der Waals surface area contributed by atoms with Crippen LogP contribution in [0.2, 0.25) is 5.02 Å². The Morgan fingerprint density at radius 1 is 1.19 bits per heavy atom. The summed E-state index contributed by atoms with van der Waals surface area (Å²) in [6, 6.07) is 7.37. The lowest BCUT2D eigenvalue weighted by Gasteiger charge is -2.12. The van der Waals surface area contributed by atoms with Crippen LogP contribution in [-0.2, 0) is 4.79 Å². The summed E-state index contributed by atoms with van der Waals surface area (Å²) >= 11 is 6.24. The van der Waals surface area contributed by atoms with Crippen LogP contribution in [0.5, 0.6) is 0 Å². The first kappa shape index (κ1) is 15.3. The van der Waals surface area contributed by atoms with Gasteiger partial charge < -0.3 is 10.6 Å². The molecule has 0 aliphatic rings. The number of nitrogens with zero attached hydrogens (tertiary/aromatic N) is 2. The monoisotopic (exact) mass is 304 g/mol. The molecule has 0 spiro atoms. The Hall–Kier alpha value is -2.14. The second kappa shape index (κ2) is 6.54. The van der Waals surface area contributed by atoms with Crippen LogP contribution in [0.4, 0.5) is 17.3 Å². The van der Waals surface area contributed by atoms with Gasteiger partial charge in [0.1, 0.15) is 0 Å². The first-order chi connectivity index (χ1) is 9.99. The molecule has 110 valence electrons. The van der Waals surface area contributed by atoms with E-state index in [4.69, 9.17) is 11.6 Å². The Balaban J connectivity index is 2.16. The molecule has 0 unspecified atom stereocenters. The summed E-state index contributed by atoms with van der Waals surface area (Å²) in [5.41, 5.74) is 2.94. The molecule has 21 heavy (non-hydrogen) atoms. The van der Waals surface area contributed by atoms with Gasteiger partial charge in [0.05, 0.1) is 10.7 Å². The summed E-state index contributed by atoms with van der Waals surface area (Å²) < 4.78 is 0. The van der Waals surface area contributed by atoms with Crippen LogP contribution in [0, 0.1) is 13.8 Å². The number of halogens is 1. The predicted molar refractivity (Wildman–Crippen MR) is 85.2 cm³/mol. The number of benzene rings is 1. The molecule has 2 N–H and O–H groups in total. The van der Waals surface area contributed by atoms with Crippen molar-refractivity contribution in [3.63, 3.8) is 0 Å². The largest absolute Gasteiger partial charge is 0.337 e. The predicted octanol–water partition coefficient (Wildman–Crippen LogP) is 3.84. The van der Waals surface area contributed by atoms with Gasteiger partial charge in [-0.05, 0) is 43.2 Å². The Morgan fingerprint density at radius 3 is 2.43 bits per heavy atom. The van der Waals surface area contributed by atoms with E-state index in [0.29, 0.717) is 23.1 Å². The highest BCUT2D eigenvalue weighted by Gasteiger charge is 2.07. The molecule has 0 atom stereocenters. The van der Waals surface area contributed by atoms with E-state index in [2.05, 4.69) is 20.8 Å². The average molecular weight is 305 g/mol. The van der Waals surface area contributed by atoms with E-state index in [1.54, 1.807) is 19.1 Å². The molecule has 1 amide bonds. The van der Waals surface area contributed by atoms with Crippen molar-refractivity contribution in [2.24, 2.45) is 0 Å². The van der Waals surface area contributed by atoms with Crippen LogP contribution >= 0.6 is 11.6 Å². The number of anilines is 3. The van der Waals surface area contributed by atoms with Crippen LogP contribution in [0.1, 0.15) is 24.5 Å². The number of aryl methyl sites for hydroxylation is 2. The van der Waals surface area contributed by atoms with Gasteiger partial charge in [0.2, 0.25) is 5.91 Å². The summed E-state index contributed by atoms with van der Waals surface area (Å²) in [5.74, 6) is 0.903. The lowest BCUT2D eigenvalue weighted by Crippen LogP contribution is -2.11. The SMILES string of the molecule is CCC(=O)Nc1ccc(Nc2c(C)cc(C)cc2Cl)nn1. The van der Waals surface area contributed by atoms with E-state index in [1.165, 1.54) is 0 Å². The van der Waals surface area contributed by atoms with E-state index < -0.39 is 0 Å². The number of aromatic nitrogens is 2. The Bertz CT molecular complexity index is 632. The van der Waals surface area contributed by atoms with Crippen molar-refractivity contribution in [2.75, 3.05) is 10.6 Å². The molecule has 0 bridgehead atoms. The second-order valence-corrected chi connectivity index (χ2v) is 5.18. The molecule has 0 saturated heterocycles. The van der Waals surface area contributed by atoms with Crippen molar-refractivity contribution >= 4 is 34.8 Å². The highest BCUT2D eigenvalue weighted by molar-refractivity contribution is 6.33. The topological polar surface area (TPSA) is 66.9 Å². The van der Waals surface area contributed by atoms with Crippen LogP contribution in [-0.4, -0.2) is 16.1 Å². The van der Waals surface area contributed by atoms with Gasteiger partial charge in [-0.2, -0.15) is 0 Å². The zero-order valence-electron chi connectivity index (χ0n) is 12.2. The lowest BCUT2D eigenvalue weighted by atomic mass is 10.1. The highest BCUT2D eigenvalue weighted by Crippen LogP contribution is 2.29. The van der Waals surface area contributed by atoms with Gasteiger partial charge in [-0.1, -0.05) is 24.6 Å². The number of hydrogen-bond acceptors (Lipinski definition) is 4. The molecular weight excluding hydrogens is 288 g/mol. The van der Waals surface area contributed by atoms with Crippen molar-refractivity contribution in [3.8, 4) is 0 Å². The quantitative estimate of drug-likeness (QED) is 0.900. The molecule has 0 radical (unpaired) electrons. The van der Waals surface area contributed by atoms with Crippen molar-refractivity contribution in [1.29, 1.82) is 0 Å². The van der Waals surface area contributed by atoms with Crippen LogP contribution < -0.4 is 10.6 Å². The van der Waals surface area contributed by atoms with Crippen LogP contribution in [0.3, 0.4) is 0 Å². The molecule has 0 aliphatic carbocycles. The van der Waals surface area contributed by atoms with E-state index in [9.17, 15) is 4.79 Å². The van der Waals surface area contributed by atoms with Crippen molar-refractivity contribution < 1.29 is 4.79 Å². The fourth-order valence-corrected chi connectivity index (χ4v) is 2.27. The molecule has 1 aromatic carbocycles. The minimum atomic E-state index is -0.0950. The number of hydrogen-bond donors (Lipinski definition) is 2. The van der Waals surface area contributed by atoms with E-state index in [0.717, 1.165) is 16.8 Å². The minimum Gasteiger partial charge on any atom is -0.337 e. The van der Waals surface area contributed by atoms with Gasteiger partial charge in [0.25, 0.3) is 0 Å². The Morgan fingerprint density at radius 2 is 1.86 bits per heavy atom. The van der Waals surface area contributed by atoms with Crippen molar-refractivity contribution in [1.82, 2.24) is 10.2 Å². The van der Waals surface area contributed by atoms with E-state index >= 15 is 0 Å². The zero-order valence-corrected chi connectivity index (χ0v) is 13.0. The van der Waals surface area contributed by atoms with Gasteiger partial charge in [-0.25, -0.2) is 0 Å². The average Bonchev–Trinajstić information content (AvgIpc) is 2.44.